The molecule has 0 aliphatic carbocycles. The van der Waals surface area contributed by atoms with Crippen LogP contribution in [0, 0.1) is 11.8 Å². The lowest BCUT2D eigenvalue weighted by atomic mass is 9.97. The lowest BCUT2D eigenvalue weighted by molar-refractivity contribution is -0.131. The van der Waals surface area contributed by atoms with Crippen molar-refractivity contribution in [1.82, 2.24) is 21.3 Å². The van der Waals surface area contributed by atoms with Crippen LogP contribution in [-0.2, 0) is 20.8 Å². The van der Waals surface area contributed by atoms with E-state index in [4.69, 9.17) is 9.47 Å². The number of hydrogen-bond acceptors (Lipinski definition) is 8. The summed E-state index contributed by atoms with van der Waals surface area (Å²) < 4.78 is 10.6. The summed E-state index contributed by atoms with van der Waals surface area (Å²) in [4.78, 5) is 51.6. The van der Waals surface area contributed by atoms with E-state index in [0.29, 0.717) is 36.3 Å². The lowest BCUT2D eigenvalue weighted by Crippen LogP contribution is -2.57. The van der Waals surface area contributed by atoms with Crippen molar-refractivity contribution in [3.63, 3.8) is 0 Å². The maximum Gasteiger partial charge on any atom is 0.252 e. The second kappa shape index (κ2) is 13.4. The van der Waals surface area contributed by atoms with Crippen LogP contribution < -0.4 is 30.7 Å². The molecule has 4 rings (SSSR count). The van der Waals surface area contributed by atoms with Gasteiger partial charge < -0.3 is 35.3 Å². The van der Waals surface area contributed by atoms with Gasteiger partial charge in [-0.25, -0.2) is 0 Å². The number of aliphatic hydroxyl groups excluding tert-OH is 1. The number of ether oxygens (including phenoxy) is 2. The average Bonchev–Trinajstić information content (AvgIpc) is 3.59. The minimum Gasteiger partial charge on any atom is -0.454 e. The molecule has 1 fully saturated rings. The summed E-state index contributed by atoms with van der Waals surface area (Å²) in [6.45, 7) is 4.29. The molecule has 11 heteroatoms. The van der Waals surface area contributed by atoms with Gasteiger partial charge in [-0.15, -0.1) is 0 Å². The van der Waals surface area contributed by atoms with Crippen LogP contribution in [0.4, 0.5) is 0 Å². The molecule has 2 aliphatic heterocycles. The maximum absolute atomic E-state index is 13.5. The van der Waals surface area contributed by atoms with E-state index in [2.05, 4.69) is 21.3 Å². The third kappa shape index (κ3) is 7.36. The number of amides is 3. The molecule has 0 bridgehead atoms. The number of nitrogens with one attached hydrogen (secondary N) is 4. The van der Waals surface area contributed by atoms with Gasteiger partial charge in [0.15, 0.2) is 11.5 Å². The van der Waals surface area contributed by atoms with Crippen LogP contribution in [0.3, 0.4) is 0 Å². The van der Waals surface area contributed by atoms with Crippen molar-refractivity contribution in [2.75, 3.05) is 13.3 Å². The van der Waals surface area contributed by atoms with Crippen LogP contribution in [0.1, 0.15) is 42.6 Å². The number of carbonyl (C=O) groups is 4. The molecule has 0 saturated carbocycles. The van der Waals surface area contributed by atoms with Crippen LogP contribution in [0.15, 0.2) is 48.5 Å². The number of rotatable bonds is 12. The molecule has 11 nitrogen and oxygen atoms in total. The normalized spacial score (nSPS) is 19.9. The SMILES string of the molecule is CC(C)[C@H](NC(=O)c1ccc2c(c1)OCO2)C(=O)N[C@@H](Cc1ccccc1)C(=O)N[C@H](C=O)CC1CCNC1O. The predicted molar refractivity (Wildman–Crippen MR) is 145 cm³/mol. The molecule has 214 valence electrons. The second-order valence-electron chi connectivity index (χ2n) is 10.4. The molecule has 2 aromatic carbocycles. The van der Waals surface area contributed by atoms with Gasteiger partial charge >= 0.3 is 0 Å². The molecular weight excluding hydrogens is 516 g/mol. The molecule has 0 radical (unpaired) electrons. The van der Waals surface area contributed by atoms with Gasteiger partial charge in [0, 0.05) is 17.9 Å². The van der Waals surface area contributed by atoms with Gasteiger partial charge in [-0.05, 0) is 49.1 Å². The fourth-order valence-corrected chi connectivity index (χ4v) is 4.86. The molecule has 0 spiro atoms. The Morgan fingerprint density at radius 2 is 1.77 bits per heavy atom. The Bertz CT molecular complexity index is 1210. The van der Waals surface area contributed by atoms with Crippen LogP contribution in [-0.4, -0.2) is 66.8 Å². The van der Waals surface area contributed by atoms with Gasteiger partial charge in [0.25, 0.3) is 5.91 Å². The van der Waals surface area contributed by atoms with Crippen molar-refractivity contribution < 1.29 is 33.8 Å². The highest BCUT2D eigenvalue weighted by atomic mass is 16.7. The predicted octanol–water partition coefficient (Wildman–Crippen LogP) is 0.899. The Hall–Kier alpha value is -3.96. The van der Waals surface area contributed by atoms with Crippen molar-refractivity contribution >= 4 is 24.0 Å². The van der Waals surface area contributed by atoms with Crippen LogP contribution in [0.25, 0.3) is 0 Å². The first-order chi connectivity index (χ1) is 19.2. The third-order valence-corrected chi connectivity index (χ3v) is 7.15. The van der Waals surface area contributed by atoms with Crippen molar-refractivity contribution in [1.29, 1.82) is 0 Å². The summed E-state index contributed by atoms with van der Waals surface area (Å²) in [7, 11) is 0. The first kappa shape index (κ1) is 29.0. The highest BCUT2D eigenvalue weighted by molar-refractivity contribution is 5.99. The van der Waals surface area contributed by atoms with Crippen molar-refractivity contribution in [3.05, 3.63) is 59.7 Å². The molecular formula is C29H36N4O7. The Labute approximate surface area is 233 Å². The van der Waals surface area contributed by atoms with E-state index >= 15 is 0 Å². The largest absolute Gasteiger partial charge is 0.454 e. The molecule has 2 aromatic rings. The van der Waals surface area contributed by atoms with Gasteiger partial charge in [0.2, 0.25) is 18.6 Å². The van der Waals surface area contributed by atoms with Gasteiger partial charge in [-0.1, -0.05) is 44.2 Å². The fraction of sp³-hybridized carbons (Fsp3) is 0.448. The highest BCUT2D eigenvalue weighted by Gasteiger charge is 2.32. The number of carbonyl (C=O) groups excluding carboxylic acids is 4. The first-order valence-electron chi connectivity index (χ1n) is 13.5. The Morgan fingerprint density at radius 1 is 1.02 bits per heavy atom. The van der Waals surface area contributed by atoms with E-state index in [0.717, 1.165) is 5.56 Å². The van der Waals surface area contributed by atoms with Gasteiger partial charge in [-0.2, -0.15) is 0 Å². The second-order valence-corrected chi connectivity index (χ2v) is 10.4. The Kier molecular flexibility index (Phi) is 9.73. The molecule has 3 amide bonds. The number of hydrogen-bond donors (Lipinski definition) is 5. The molecule has 5 atom stereocenters. The first-order valence-corrected chi connectivity index (χ1v) is 13.5. The molecule has 5 N–H and O–H groups in total. The van der Waals surface area contributed by atoms with E-state index in [9.17, 15) is 24.3 Å². The average molecular weight is 553 g/mol. The number of benzene rings is 2. The zero-order valence-electron chi connectivity index (χ0n) is 22.6. The Morgan fingerprint density at radius 3 is 2.45 bits per heavy atom. The topological polar surface area (TPSA) is 155 Å². The van der Waals surface area contributed by atoms with Crippen molar-refractivity contribution in [2.45, 2.75) is 57.5 Å². The molecule has 0 aromatic heterocycles. The highest BCUT2D eigenvalue weighted by Crippen LogP contribution is 2.32. The quantitative estimate of drug-likeness (QED) is 0.243. The molecule has 2 unspecified atom stereocenters. The van der Waals surface area contributed by atoms with E-state index in [1.807, 2.05) is 30.3 Å². The molecule has 2 aliphatic rings. The van der Waals surface area contributed by atoms with Crippen molar-refractivity contribution in [3.8, 4) is 11.5 Å². The minimum absolute atomic E-state index is 0.0748. The van der Waals surface area contributed by atoms with E-state index in [1.165, 1.54) is 0 Å². The van der Waals surface area contributed by atoms with Gasteiger partial charge in [0.05, 0.1) is 6.04 Å². The van der Waals surface area contributed by atoms with E-state index < -0.39 is 42.1 Å². The minimum atomic E-state index is -1.01. The maximum atomic E-state index is 13.5. The Balaban J connectivity index is 1.46. The number of aliphatic hydroxyl groups is 1. The van der Waals surface area contributed by atoms with Crippen LogP contribution in [0.2, 0.25) is 0 Å². The van der Waals surface area contributed by atoms with Gasteiger partial charge in [0.1, 0.15) is 24.6 Å². The standard InChI is InChI=1S/C29H36N4O7/c1-17(2)25(33-27(36)19-8-9-23-24(14-19)40-16-39-23)29(38)32-22(12-18-6-4-3-5-7-18)28(37)31-21(15-34)13-20-10-11-30-26(20)35/h3-9,14-15,17,20-22,25-26,30,35H,10-13,16H2,1-2H3,(H,31,37)(H,32,38)(H,33,36)/t20?,21-,22-,25-,26?/m0/s1. The van der Waals surface area contributed by atoms with E-state index in [1.54, 1.807) is 32.0 Å². The van der Waals surface area contributed by atoms with Crippen LogP contribution >= 0.6 is 0 Å². The monoisotopic (exact) mass is 552 g/mol. The lowest BCUT2D eigenvalue weighted by Gasteiger charge is -2.27. The van der Waals surface area contributed by atoms with Gasteiger partial charge in [-0.3, -0.25) is 19.7 Å². The van der Waals surface area contributed by atoms with E-state index in [-0.39, 0.29) is 31.5 Å². The number of fused-ring (bicyclic) bond motifs is 1. The summed E-state index contributed by atoms with van der Waals surface area (Å²) in [5.74, 6) is -1.01. The third-order valence-electron chi connectivity index (χ3n) is 7.15. The zero-order valence-corrected chi connectivity index (χ0v) is 22.6. The summed E-state index contributed by atoms with van der Waals surface area (Å²) in [5, 5.41) is 21.3. The molecule has 40 heavy (non-hydrogen) atoms. The van der Waals surface area contributed by atoms with Crippen LogP contribution in [0.5, 0.6) is 11.5 Å². The smallest absolute Gasteiger partial charge is 0.252 e. The summed E-state index contributed by atoms with van der Waals surface area (Å²) in [5.41, 5.74) is 1.12. The number of aldehydes is 1. The summed E-state index contributed by atoms with van der Waals surface area (Å²) in [6, 6.07) is 11.2. The fourth-order valence-electron chi connectivity index (χ4n) is 4.86. The summed E-state index contributed by atoms with van der Waals surface area (Å²) in [6.07, 6.45) is 1.05. The van der Waals surface area contributed by atoms with Crippen molar-refractivity contribution in [2.24, 2.45) is 11.8 Å². The molecule has 1 saturated heterocycles. The molecule has 2 heterocycles. The zero-order chi connectivity index (χ0) is 28.6. The summed E-state index contributed by atoms with van der Waals surface area (Å²) >= 11 is 0.